The maximum Gasteiger partial charge on any atom is 0.119 e. The van der Waals surface area contributed by atoms with Crippen molar-refractivity contribution in [1.29, 1.82) is 5.26 Å². The van der Waals surface area contributed by atoms with Crippen LogP contribution in [0.3, 0.4) is 0 Å². The van der Waals surface area contributed by atoms with Gasteiger partial charge in [0.05, 0.1) is 12.7 Å². The number of hydrogen-bond acceptors (Lipinski definition) is 4. The van der Waals surface area contributed by atoms with Crippen LogP contribution in [0.4, 0.5) is 5.00 Å². The van der Waals surface area contributed by atoms with Gasteiger partial charge in [0, 0.05) is 10.4 Å². The van der Waals surface area contributed by atoms with E-state index in [0.717, 1.165) is 29.7 Å². The van der Waals surface area contributed by atoms with Crippen molar-refractivity contribution in [2.45, 2.75) is 12.8 Å². The van der Waals surface area contributed by atoms with E-state index in [4.69, 9.17) is 10.5 Å². The summed E-state index contributed by atoms with van der Waals surface area (Å²) in [6.07, 6.45) is 1.96. The molecule has 18 heavy (non-hydrogen) atoms. The lowest BCUT2D eigenvalue weighted by Crippen LogP contribution is -2.02. The first-order valence-corrected chi connectivity index (χ1v) is 6.54. The maximum absolute atomic E-state index is 9.26. The van der Waals surface area contributed by atoms with E-state index >= 15 is 0 Å². The summed E-state index contributed by atoms with van der Waals surface area (Å²) in [6.45, 7) is 0. The molecule has 0 saturated carbocycles. The Kier molecular flexibility index (Phi) is 2.49. The largest absolute Gasteiger partial charge is 0.497 e. The minimum absolute atomic E-state index is 0.615. The molecule has 2 aromatic rings. The fraction of sp³-hybridized carbons (Fsp3) is 0.214. The third-order valence-electron chi connectivity index (χ3n) is 3.33. The third-order valence-corrected chi connectivity index (χ3v) is 4.41. The lowest BCUT2D eigenvalue weighted by molar-refractivity contribution is 0.415. The molecule has 3 nitrogen and oxygen atoms in total. The lowest BCUT2D eigenvalue weighted by atomic mass is 9.88. The van der Waals surface area contributed by atoms with Gasteiger partial charge in [-0.1, -0.05) is 6.07 Å². The zero-order chi connectivity index (χ0) is 12.7. The van der Waals surface area contributed by atoms with Crippen LogP contribution in [0, 0.1) is 11.3 Å². The molecule has 0 fully saturated rings. The third kappa shape index (κ3) is 1.48. The summed E-state index contributed by atoms with van der Waals surface area (Å²) in [7, 11) is 1.65. The van der Waals surface area contributed by atoms with Gasteiger partial charge in [-0.25, -0.2) is 0 Å². The Morgan fingerprint density at radius 1 is 1.39 bits per heavy atom. The van der Waals surface area contributed by atoms with Gasteiger partial charge in [-0.15, -0.1) is 11.3 Å². The quantitative estimate of drug-likeness (QED) is 0.853. The number of ether oxygens (including phenoxy) is 1. The van der Waals surface area contributed by atoms with Gasteiger partial charge in [-0.2, -0.15) is 5.26 Å². The fourth-order valence-corrected chi connectivity index (χ4v) is 3.48. The van der Waals surface area contributed by atoms with Crippen LogP contribution in [-0.4, -0.2) is 7.11 Å². The first-order chi connectivity index (χ1) is 8.74. The van der Waals surface area contributed by atoms with Gasteiger partial charge in [0.1, 0.15) is 16.8 Å². The summed E-state index contributed by atoms with van der Waals surface area (Å²) in [5, 5.41) is 9.88. The van der Waals surface area contributed by atoms with Crippen LogP contribution in [0.5, 0.6) is 5.75 Å². The first kappa shape index (κ1) is 11.1. The number of nitrogens with two attached hydrogens (primary N) is 1. The van der Waals surface area contributed by atoms with Crippen molar-refractivity contribution < 1.29 is 4.74 Å². The number of methoxy groups -OCH3 is 1. The molecule has 3 rings (SSSR count). The van der Waals surface area contributed by atoms with Gasteiger partial charge in [-0.05, 0) is 36.1 Å². The number of nitriles is 1. The smallest absolute Gasteiger partial charge is 0.119 e. The summed E-state index contributed by atoms with van der Waals surface area (Å²) in [4.78, 5) is 1.21. The average molecular weight is 256 g/mol. The zero-order valence-electron chi connectivity index (χ0n) is 9.99. The van der Waals surface area contributed by atoms with Crippen molar-refractivity contribution in [2.75, 3.05) is 12.8 Å². The predicted octanol–water partition coefficient (Wildman–Crippen LogP) is 2.98. The Labute approximate surface area is 109 Å². The summed E-state index contributed by atoms with van der Waals surface area (Å²) >= 11 is 1.53. The van der Waals surface area contributed by atoms with E-state index in [1.807, 2.05) is 12.1 Å². The van der Waals surface area contributed by atoms with Gasteiger partial charge in [0.2, 0.25) is 0 Å². The number of benzene rings is 1. The number of rotatable bonds is 1. The first-order valence-electron chi connectivity index (χ1n) is 5.73. The monoisotopic (exact) mass is 256 g/mol. The van der Waals surface area contributed by atoms with E-state index in [0.29, 0.717) is 10.6 Å². The molecule has 0 amide bonds. The van der Waals surface area contributed by atoms with Crippen molar-refractivity contribution in [3.63, 3.8) is 0 Å². The summed E-state index contributed by atoms with van der Waals surface area (Å²) in [5.74, 6) is 0.815. The second-order valence-corrected chi connectivity index (χ2v) is 5.41. The van der Waals surface area contributed by atoms with E-state index in [1.165, 1.54) is 21.8 Å². The highest BCUT2D eigenvalue weighted by molar-refractivity contribution is 7.16. The molecule has 1 heterocycles. The van der Waals surface area contributed by atoms with E-state index in [2.05, 4.69) is 12.1 Å². The van der Waals surface area contributed by atoms with Crippen molar-refractivity contribution in [3.8, 4) is 22.9 Å². The Balaban J connectivity index is 2.29. The number of anilines is 1. The average Bonchev–Trinajstić information content (AvgIpc) is 2.73. The van der Waals surface area contributed by atoms with Crippen LogP contribution in [0.15, 0.2) is 18.2 Å². The van der Waals surface area contributed by atoms with Gasteiger partial charge < -0.3 is 10.5 Å². The fourth-order valence-electron chi connectivity index (χ4n) is 2.45. The van der Waals surface area contributed by atoms with Crippen LogP contribution in [0.2, 0.25) is 0 Å². The normalized spacial score (nSPS) is 12.4. The van der Waals surface area contributed by atoms with E-state index in [9.17, 15) is 5.26 Å². The number of fused-ring (bicyclic) bond motifs is 3. The molecular formula is C14H12N2OS. The Hall–Kier alpha value is -1.99. The lowest BCUT2D eigenvalue weighted by Gasteiger charge is -2.17. The Morgan fingerprint density at radius 2 is 2.22 bits per heavy atom. The number of hydrogen-bond donors (Lipinski definition) is 1. The highest BCUT2D eigenvalue weighted by Crippen LogP contribution is 2.44. The molecule has 0 aliphatic heterocycles. The molecule has 90 valence electrons. The highest BCUT2D eigenvalue weighted by Gasteiger charge is 2.24. The zero-order valence-corrected chi connectivity index (χ0v) is 10.8. The minimum atomic E-state index is 0.615. The molecule has 4 heteroatoms. The summed E-state index contributed by atoms with van der Waals surface area (Å²) in [6, 6.07) is 8.27. The van der Waals surface area contributed by atoms with Crippen LogP contribution < -0.4 is 10.5 Å². The van der Waals surface area contributed by atoms with Crippen LogP contribution in [-0.2, 0) is 12.8 Å². The SMILES string of the molecule is COc1ccc2c(c1)-c1c(sc(N)c1C#N)CC2. The summed E-state index contributed by atoms with van der Waals surface area (Å²) < 4.78 is 5.26. The van der Waals surface area contributed by atoms with E-state index in [1.54, 1.807) is 7.11 Å². The molecule has 0 atom stereocenters. The van der Waals surface area contributed by atoms with E-state index < -0.39 is 0 Å². The molecular weight excluding hydrogens is 244 g/mol. The highest BCUT2D eigenvalue weighted by atomic mass is 32.1. The summed E-state index contributed by atoms with van der Waals surface area (Å²) in [5.41, 5.74) is 9.91. The number of aryl methyl sites for hydroxylation is 2. The Morgan fingerprint density at radius 3 is 2.94 bits per heavy atom. The molecule has 0 bridgehead atoms. The van der Waals surface area contributed by atoms with Gasteiger partial charge in [0.15, 0.2) is 0 Å². The van der Waals surface area contributed by atoms with Crippen molar-refractivity contribution in [1.82, 2.24) is 0 Å². The number of thiophene rings is 1. The molecule has 0 radical (unpaired) electrons. The second-order valence-electron chi connectivity index (χ2n) is 4.27. The Bertz CT molecular complexity index is 667. The van der Waals surface area contributed by atoms with Crippen LogP contribution in [0.25, 0.3) is 11.1 Å². The standard InChI is InChI=1S/C14H12N2OS/c1-17-9-4-2-8-3-5-12-13(10(8)6-9)11(7-15)14(16)18-12/h2,4,6H,3,5,16H2,1H3. The van der Waals surface area contributed by atoms with Crippen LogP contribution >= 0.6 is 11.3 Å². The second kappa shape index (κ2) is 4.04. The van der Waals surface area contributed by atoms with Gasteiger partial charge in [-0.3, -0.25) is 0 Å². The number of nitrogens with zero attached hydrogens (tertiary/aromatic N) is 1. The van der Waals surface area contributed by atoms with E-state index in [-0.39, 0.29) is 0 Å². The van der Waals surface area contributed by atoms with Crippen molar-refractivity contribution in [3.05, 3.63) is 34.2 Å². The molecule has 0 unspecified atom stereocenters. The minimum Gasteiger partial charge on any atom is -0.497 e. The number of nitrogen functional groups attached to an aromatic ring is 1. The molecule has 1 aliphatic rings. The van der Waals surface area contributed by atoms with Gasteiger partial charge >= 0.3 is 0 Å². The maximum atomic E-state index is 9.26. The molecule has 0 saturated heterocycles. The molecule has 1 aromatic heterocycles. The molecule has 0 spiro atoms. The van der Waals surface area contributed by atoms with Crippen molar-refractivity contribution >= 4 is 16.3 Å². The van der Waals surface area contributed by atoms with Crippen molar-refractivity contribution in [2.24, 2.45) is 0 Å². The molecule has 1 aliphatic carbocycles. The molecule has 1 aromatic carbocycles. The van der Waals surface area contributed by atoms with Crippen LogP contribution in [0.1, 0.15) is 16.0 Å². The predicted molar refractivity (Wildman–Crippen MR) is 72.8 cm³/mol. The van der Waals surface area contributed by atoms with Gasteiger partial charge in [0.25, 0.3) is 0 Å². The topological polar surface area (TPSA) is 59.0 Å². The molecule has 2 N–H and O–H groups in total.